The molecule has 2 aliphatic carbocycles. The molecule has 0 radical (unpaired) electrons. The van der Waals surface area contributed by atoms with Crippen LogP contribution >= 0.6 is 0 Å². The van der Waals surface area contributed by atoms with Crippen LogP contribution in [-0.4, -0.2) is 101 Å². The SMILES string of the molecule is C=CC(=O)N(C)C1CCC/C=C\[C@@H]2CC2(C(=O)NS(=O)(=O)C2CC2)CC(=O)[C@@H]2C[C@@H](OC(=O)N3Cc4cccc(F)c4C3)CN2C(=O)[C@@H](CC(=O)OC(C)(C)C)C1. The van der Waals surface area contributed by atoms with Gasteiger partial charge in [-0.1, -0.05) is 30.9 Å². The van der Waals surface area contributed by atoms with Crippen LogP contribution in [0.25, 0.3) is 0 Å². The molecule has 0 bridgehead atoms. The zero-order valence-corrected chi connectivity index (χ0v) is 33.9. The maximum Gasteiger partial charge on any atom is 0.410 e. The number of allylic oxidation sites excluding steroid dienone is 2. The fraction of sp³-hybridized carbons (Fsp3) is 0.610. The molecule has 3 fully saturated rings. The number of fused-ring (bicyclic) bond motifs is 3. The number of nitrogens with zero attached hydrogens (tertiary/aromatic N) is 3. The number of sulfonamides is 1. The lowest BCUT2D eigenvalue weighted by Gasteiger charge is -2.33. The van der Waals surface area contributed by atoms with Crippen LogP contribution in [0.5, 0.6) is 0 Å². The number of hydrogen-bond acceptors (Lipinski definition) is 10. The van der Waals surface area contributed by atoms with Crippen LogP contribution in [0.4, 0.5) is 9.18 Å². The van der Waals surface area contributed by atoms with E-state index in [-0.39, 0.29) is 57.6 Å². The number of amides is 4. The van der Waals surface area contributed by atoms with E-state index in [2.05, 4.69) is 11.3 Å². The monoisotopic (exact) mass is 812 g/mol. The third kappa shape index (κ3) is 9.58. The third-order valence-corrected chi connectivity index (χ3v) is 13.5. The van der Waals surface area contributed by atoms with Gasteiger partial charge in [-0.25, -0.2) is 17.6 Å². The Bertz CT molecular complexity index is 1960. The normalized spacial score (nSPS) is 28.5. The molecule has 5 aliphatic rings. The standard InChI is InChI=1S/C41H53FN4O10S/c1-6-35(48)44(5)28-13-9-7-8-12-27-20-41(27,38(51)43-57(53,54)30-15-16-30)21-34(47)33-19-29(55-39(52)45-22-25-11-10-14-32(42)31(25)24-45)23-46(33)37(50)26(17-28)18-36(49)56-40(2,3)4/h6,8,10-12,14,26-30,33H,1,7,9,13,15-24H2,2-5H3,(H,43,51)/b12-8-/t26-,27-,28?,29-,33+,41?/m1/s1. The minimum absolute atomic E-state index is 0.0227. The van der Waals surface area contributed by atoms with Gasteiger partial charge in [0.15, 0.2) is 5.78 Å². The van der Waals surface area contributed by atoms with Crippen molar-refractivity contribution in [2.75, 3.05) is 13.6 Å². The Morgan fingerprint density at radius 3 is 2.51 bits per heavy atom. The van der Waals surface area contributed by atoms with Gasteiger partial charge in [-0.2, -0.15) is 0 Å². The zero-order valence-electron chi connectivity index (χ0n) is 33.0. The van der Waals surface area contributed by atoms with Gasteiger partial charge in [-0.3, -0.25) is 33.6 Å². The first-order valence-electron chi connectivity index (χ1n) is 19.7. The predicted molar refractivity (Wildman–Crippen MR) is 205 cm³/mol. The summed E-state index contributed by atoms with van der Waals surface area (Å²) in [6.07, 6.45) is 4.96. The van der Waals surface area contributed by atoms with E-state index in [4.69, 9.17) is 9.47 Å². The Hall–Kier alpha value is -4.60. The lowest BCUT2D eigenvalue weighted by atomic mass is 9.89. The number of carbonyl (C=O) groups is 6. The van der Waals surface area contributed by atoms with Gasteiger partial charge in [0, 0.05) is 38.0 Å². The largest absolute Gasteiger partial charge is 0.460 e. The Balaban J connectivity index is 1.32. The van der Waals surface area contributed by atoms with E-state index < -0.39 is 91.8 Å². The summed E-state index contributed by atoms with van der Waals surface area (Å²) >= 11 is 0. The first-order valence-corrected chi connectivity index (χ1v) is 21.3. The number of hydrogen-bond donors (Lipinski definition) is 1. The summed E-state index contributed by atoms with van der Waals surface area (Å²) in [5.41, 5.74) is -1.23. The molecule has 310 valence electrons. The molecular weight excluding hydrogens is 760 g/mol. The molecule has 14 nitrogen and oxygen atoms in total. The van der Waals surface area contributed by atoms with Gasteiger partial charge >= 0.3 is 12.1 Å². The first-order chi connectivity index (χ1) is 26.8. The van der Waals surface area contributed by atoms with E-state index in [1.807, 2.05) is 12.2 Å². The summed E-state index contributed by atoms with van der Waals surface area (Å²) in [5.74, 6) is -4.87. The molecule has 3 aliphatic heterocycles. The summed E-state index contributed by atoms with van der Waals surface area (Å²) in [6, 6.07) is 2.86. The van der Waals surface area contributed by atoms with E-state index in [0.717, 1.165) is 0 Å². The van der Waals surface area contributed by atoms with Gasteiger partial charge in [0.2, 0.25) is 27.7 Å². The predicted octanol–water partition coefficient (Wildman–Crippen LogP) is 4.31. The van der Waals surface area contributed by atoms with Gasteiger partial charge in [0.25, 0.3) is 0 Å². The molecule has 0 spiro atoms. The number of Topliss-reactive ketones (excluding diaryl/α,β-unsaturated/α-hetero) is 1. The van der Waals surface area contributed by atoms with Crippen LogP contribution in [-0.2, 0) is 56.6 Å². The molecule has 6 atom stereocenters. The van der Waals surface area contributed by atoms with Crippen molar-refractivity contribution in [3.8, 4) is 0 Å². The van der Waals surface area contributed by atoms with Crippen molar-refractivity contribution >= 4 is 45.6 Å². The van der Waals surface area contributed by atoms with Crippen molar-refractivity contribution in [1.82, 2.24) is 19.4 Å². The summed E-state index contributed by atoms with van der Waals surface area (Å²) in [7, 11) is -2.34. The highest BCUT2D eigenvalue weighted by Gasteiger charge is 2.61. The Morgan fingerprint density at radius 2 is 1.84 bits per heavy atom. The number of carbonyl (C=O) groups excluding carboxylic acids is 6. The van der Waals surface area contributed by atoms with E-state index in [1.54, 1.807) is 40.0 Å². The lowest BCUT2D eigenvalue weighted by Crippen LogP contribution is -2.48. The smallest absolute Gasteiger partial charge is 0.410 e. The highest BCUT2D eigenvalue weighted by Crippen LogP contribution is 2.57. The average molecular weight is 813 g/mol. The fourth-order valence-corrected chi connectivity index (χ4v) is 9.74. The average Bonchev–Trinajstić information content (AvgIpc) is 4.02. The molecule has 1 saturated heterocycles. The van der Waals surface area contributed by atoms with Crippen LogP contribution in [0.1, 0.15) is 96.1 Å². The fourth-order valence-electron chi connectivity index (χ4n) is 8.35. The number of ketones is 1. The topological polar surface area (TPSA) is 177 Å². The van der Waals surface area contributed by atoms with Crippen molar-refractivity contribution in [1.29, 1.82) is 0 Å². The maximum atomic E-state index is 14.8. The first kappa shape index (κ1) is 42.0. The molecular formula is C41H53FN4O10S. The Kier molecular flexibility index (Phi) is 12.0. The summed E-state index contributed by atoms with van der Waals surface area (Å²) in [6.45, 7) is 8.57. The molecule has 0 aromatic heterocycles. The molecule has 4 amide bonds. The van der Waals surface area contributed by atoms with Crippen LogP contribution in [0, 0.1) is 23.1 Å². The minimum atomic E-state index is -3.93. The Labute approximate surface area is 333 Å². The summed E-state index contributed by atoms with van der Waals surface area (Å²) in [4.78, 5) is 87.1. The number of likely N-dealkylation sites (N-methyl/N-ethyl adjacent to an activating group) is 1. The Morgan fingerprint density at radius 1 is 1.11 bits per heavy atom. The van der Waals surface area contributed by atoms with Crippen LogP contribution in [0.2, 0.25) is 0 Å². The van der Waals surface area contributed by atoms with E-state index in [0.29, 0.717) is 43.2 Å². The van der Waals surface area contributed by atoms with Crippen molar-refractivity contribution in [2.24, 2.45) is 17.3 Å². The second-order valence-corrected chi connectivity index (χ2v) is 19.1. The molecule has 1 aromatic rings. The maximum absolute atomic E-state index is 14.8. The molecule has 2 saturated carbocycles. The van der Waals surface area contributed by atoms with Gasteiger partial charge in [-0.15, -0.1) is 0 Å². The van der Waals surface area contributed by atoms with Gasteiger partial charge in [0.1, 0.15) is 17.5 Å². The second-order valence-electron chi connectivity index (χ2n) is 17.2. The number of nitrogens with one attached hydrogen (secondary N) is 1. The van der Waals surface area contributed by atoms with Crippen LogP contribution < -0.4 is 4.72 Å². The number of benzene rings is 1. The van der Waals surface area contributed by atoms with E-state index in [1.165, 1.54) is 26.8 Å². The second kappa shape index (κ2) is 16.3. The minimum Gasteiger partial charge on any atom is -0.460 e. The summed E-state index contributed by atoms with van der Waals surface area (Å²) in [5, 5.41) is -0.664. The molecule has 57 heavy (non-hydrogen) atoms. The van der Waals surface area contributed by atoms with Gasteiger partial charge < -0.3 is 19.3 Å². The van der Waals surface area contributed by atoms with Crippen LogP contribution in [0.3, 0.4) is 0 Å². The lowest BCUT2D eigenvalue weighted by molar-refractivity contribution is -0.159. The molecule has 3 heterocycles. The van der Waals surface area contributed by atoms with Crippen LogP contribution in [0.15, 0.2) is 43.0 Å². The molecule has 6 rings (SSSR count). The quantitative estimate of drug-likeness (QED) is 0.226. The highest BCUT2D eigenvalue weighted by atomic mass is 32.2. The van der Waals surface area contributed by atoms with Gasteiger partial charge in [-0.05, 0) is 89.3 Å². The number of halogens is 1. The van der Waals surface area contributed by atoms with Crippen molar-refractivity contribution in [3.05, 3.63) is 60.0 Å². The van der Waals surface area contributed by atoms with Gasteiger partial charge in [0.05, 0.1) is 42.1 Å². The van der Waals surface area contributed by atoms with Crippen molar-refractivity contribution in [3.63, 3.8) is 0 Å². The molecule has 16 heteroatoms. The number of esters is 1. The molecule has 1 N–H and O–H groups in total. The molecule has 1 aromatic carbocycles. The molecule has 2 unspecified atom stereocenters. The summed E-state index contributed by atoms with van der Waals surface area (Å²) < 4.78 is 54.1. The third-order valence-electron chi connectivity index (χ3n) is 11.7. The van der Waals surface area contributed by atoms with Crippen molar-refractivity contribution < 1.29 is 51.0 Å². The highest BCUT2D eigenvalue weighted by molar-refractivity contribution is 7.90. The van der Waals surface area contributed by atoms with E-state index in [9.17, 15) is 41.6 Å². The number of ether oxygens (including phenoxy) is 2. The van der Waals surface area contributed by atoms with E-state index >= 15 is 0 Å². The zero-order chi connectivity index (χ0) is 41.4. The number of rotatable bonds is 8. The van der Waals surface area contributed by atoms with Crippen molar-refractivity contribution in [2.45, 2.75) is 127 Å².